The lowest BCUT2D eigenvalue weighted by Gasteiger charge is -2.08. The number of ketones is 1. The molecule has 0 aliphatic carbocycles. The fourth-order valence-corrected chi connectivity index (χ4v) is 2.53. The predicted octanol–water partition coefficient (Wildman–Crippen LogP) is 3.28. The Morgan fingerprint density at radius 3 is 2.46 bits per heavy atom. The Kier molecular flexibility index (Phi) is 6.17. The first-order valence-corrected chi connectivity index (χ1v) is 8.38. The number of benzene rings is 1. The normalized spacial score (nSPS) is 20.7. The molecule has 5 nitrogen and oxygen atoms in total. The molecule has 3 N–H and O–H groups in total. The molecule has 136 valence electrons. The number of phenolic OH excluding ortho intramolecular Hbond substituents is 1. The molecule has 0 aromatic heterocycles. The van der Waals surface area contributed by atoms with Crippen LogP contribution < -0.4 is 5.32 Å². The maximum Gasteiger partial charge on any atom is 0.259 e. The first-order valence-electron chi connectivity index (χ1n) is 8.38. The Morgan fingerprint density at radius 1 is 1.19 bits per heavy atom. The molecule has 2 rings (SSSR count). The van der Waals surface area contributed by atoms with Gasteiger partial charge in [0.1, 0.15) is 17.1 Å². The maximum atomic E-state index is 12.6. The van der Waals surface area contributed by atoms with Crippen molar-refractivity contribution >= 4 is 11.7 Å². The molecular weight excluding hydrogens is 330 g/mol. The van der Waals surface area contributed by atoms with Crippen LogP contribution in [0.25, 0.3) is 0 Å². The van der Waals surface area contributed by atoms with Gasteiger partial charge in [-0.2, -0.15) is 0 Å². The van der Waals surface area contributed by atoms with Crippen LogP contribution in [0, 0.1) is 0 Å². The molecule has 26 heavy (non-hydrogen) atoms. The number of carbonyl (C=O) groups is 2. The summed E-state index contributed by atoms with van der Waals surface area (Å²) >= 11 is 0. The average Bonchev–Trinajstić information content (AvgIpc) is 2.89. The van der Waals surface area contributed by atoms with E-state index in [0.717, 1.165) is 11.1 Å². The van der Waals surface area contributed by atoms with Crippen molar-refractivity contribution < 1.29 is 19.8 Å². The summed E-state index contributed by atoms with van der Waals surface area (Å²) in [5.74, 6) is -1.17. The van der Waals surface area contributed by atoms with Crippen molar-refractivity contribution in [3.63, 3.8) is 0 Å². The fourth-order valence-electron chi connectivity index (χ4n) is 2.53. The van der Waals surface area contributed by atoms with E-state index in [1.807, 2.05) is 26.0 Å². The summed E-state index contributed by atoms with van der Waals surface area (Å²) in [6.07, 6.45) is 7.52. The van der Waals surface area contributed by atoms with Gasteiger partial charge in [0.15, 0.2) is 5.78 Å². The number of allylic oxidation sites excluding steroid dienone is 6. The van der Waals surface area contributed by atoms with E-state index in [9.17, 15) is 19.8 Å². The van der Waals surface area contributed by atoms with E-state index >= 15 is 0 Å². The second kappa shape index (κ2) is 8.34. The lowest BCUT2D eigenvalue weighted by Crippen LogP contribution is -2.31. The van der Waals surface area contributed by atoms with Gasteiger partial charge < -0.3 is 15.5 Å². The number of nitrogens with one attached hydrogen (secondary N) is 1. The number of hydrogen-bond donors (Lipinski definition) is 3. The molecule has 1 saturated heterocycles. The summed E-state index contributed by atoms with van der Waals surface area (Å²) in [7, 11) is 0. The van der Waals surface area contributed by atoms with Crippen molar-refractivity contribution in [1.82, 2.24) is 5.32 Å². The highest BCUT2D eigenvalue weighted by molar-refractivity contribution is 6.27. The van der Waals surface area contributed by atoms with Gasteiger partial charge in [0.05, 0.1) is 6.04 Å². The van der Waals surface area contributed by atoms with Gasteiger partial charge in [0.2, 0.25) is 0 Å². The molecule has 1 aromatic carbocycles. The van der Waals surface area contributed by atoms with E-state index in [0.29, 0.717) is 12.0 Å². The number of hydrogen-bond acceptors (Lipinski definition) is 4. The van der Waals surface area contributed by atoms with Crippen molar-refractivity contribution in [2.24, 2.45) is 0 Å². The van der Waals surface area contributed by atoms with Gasteiger partial charge in [0, 0.05) is 6.42 Å². The number of Topliss-reactive ketones (excluding diaryl/α,β-unsaturated/α-hetero) is 1. The number of aliphatic hydroxyl groups excluding tert-OH is 1. The first-order chi connectivity index (χ1) is 12.3. The van der Waals surface area contributed by atoms with Gasteiger partial charge in [-0.3, -0.25) is 9.59 Å². The highest BCUT2D eigenvalue weighted by Crippen LogP contribution is 2.22. The van der Waals surface area contributed by atoms with E-state index in [2.05, 4.69) is 5.32 Å². The molecule has 0 radical (unpaired) electrons. The fraction of sp³-hybridized carbons (Fsp3) is 0.238. The Bertz CT molecular complexity index is 826. The van der Waals surface area contributed by atoms with Crippen LogP contribution in [0.3, 0.4) is 0 Å². The number of aromatic hydroxyl groups is 1. The van der Waals surface area contributed by atoms with Crippen molar-refractivity contribution in [1.29, 1.82) is 0 Å². The van der Waals surface area contributed by atoms with Gasteiger partial charge in [0.25, 0.3) is 5.91 Å². The second-order valence-electron chi connectivity index (χ2n) is 6.23. The lowest BCUT2D eigenvalue weighted by atomic mass is 9.99. The Labute approximate surface area is 153 Å². The monoisotopic (exact) mass is 353 g/mol. The predicted molar refractivity (Wildman–Crippen MR) is 101 cm³/mol. The molecular formula is C21H23NO4. The molecule has 0 bridgehead atoms. The zero-order chi connectivity index (χ0) is 19.3. The number of carbonyl (C=O) groups excluding carboxylic acids is 2. The van der Waals surface area contributed by atoms with Crippen LogP contribution in [-0.2, 0) is 16.0 Å². The summed E-state index contributed by atoms with van der Waals surface area (Å²) in [6.45, 7) is 5.51. The quantitative estimate of drug-likeness (QED) is 0.328. The molecule has 1 aliphatic rings. The van der Waals surface area contributed by atoms with Gasteiger partial charge in [-0.05, 0) is 44.0 Å². The second-order valence-corrected chi connectivity index (χ2v) is 6.23. The minimum Gasteiger partial charge on any atom is -0.508 e. The highest BCUT2D eigenvalue weighted by Gasteiger charge is 2.38. The summed E-state index contributed by atoms with van der Waals surface area (Å²) in [5, 5.41) is 22.3. The van der Waals surface area contributed by atoms with E-state index in [1.54, 1.807) is 31.2 Å². The molecule has 0 spiro atoms. The van der Waals surface area contributed by atoms with Gasteiger partial charge in [-0.1, -0.05) is 42.0 Å². The van der Waals surface area contributed by atoms with Crippen molar-refractivity contribution in [2.75, 3.05) is 0 Å². The zero-order valence-electron chi connectivity index (χ0n) is 15.1. The molecule has 1 amide bonds. The summed E-state index contributed by atoms with van der Waals surface area (Å²) in [4.78, 5) is 24.7. The van der Waals surface area contributed by atoms with Crippen LogP contribution in [0.2, 0.25) is 0 Å². The van der Waals surface area contributed by atoms with Crippen LogP contribution in [0.1, 0.15) is 26.3 Å². The van der Waals surface area contributed by atoms with Gasteiger partial charge in [-0.15, -0.1) is 0 Å². The maximum absolute atomic E-state index is 12.6. The van der Waals surface area contributed by atoms with Gasteiger partial charge >= 0.3 is 0 Å². The molecule has 5 heteroatoms. The molecule has 1 aliphatic heterocycles. The topological polar surface area (TPSA) is 86.6 Å². The van der Waals surface area contributed by atoms with E-state index < -0.39 is 17.7 Å². The van der Waals surface area contributed by atoms with Crippen molar-refractivity contribution in [3.8, 4) is 5.75 Å². The minimum atomic E-state index is -0.724. The Hall–Kier alpha value is -3.08. The van der Waals surface area contributed by atoms with E-state index in [4.69, 9.17) is 0 Å². The minimum absolute atomic E-state index is 0.135. The number of rotatable bonds is 5. The molecule has 1 fully saturated rings. The van der Waals surface area contributed by atoms with E-state index in [1.165, 1.54) is 12.1 Å². The zero-order valence-corrected chi connectivity index (χ0v) is 15.1. The summed E-state index contributed by atoms with van der Waals surface area (Å²) in [6, 6.07) is 5.71. The standard InChI is InChI=1S/C21H23NO4/c1-4-13(2)6-5-7-14(3)19(24)18-20(25)17(22-21(18)26)12-15-8-10-16(23)11-9-15/h4-11,17,23-24H,12H2,1-3H3,(H,22,26)/b6-5+,13-4+,14-7+,19-18?/t17-/m0/s1. The molecule has 1 aromatic rings. The largest absolute Gasteiger partial charge is 0.508 e. The average molecular weight is 353 g/mol. The molecule has 0 unspecified atom stereocenters. The SMILES string of the molecule is C/C=C(C)/C=C/C=C(\C)C(O)=C1C(=O)N[C@@H](Cc2ccc(O)cc2)C1=O. The Balaban J connectivity index is 2.20. The third-order valence-corrected chi connectivity index (χ3v) is 4.24. The van der Waals surface area contributed by atoms with Crippen LogP contribution in [-0.4, -0.2) is 27.9 Å². The summed E-state index contributed by atoms with van der Waals surface area (Å²) in [5.41, 5.74) is 2.09. The van der Waals surface area contributed by atoms with Crippen LogP contribution in [0.5, 0.6) is 5.75 Å². The first kappa shape index (κ1) is 19.2. The third-order valence-electron chi connectivity index (χ3n) is 4.24. The number of aliphatic hydroxyl groups is 1. The smallest absolute Gasteiger partial charge is 0.259 e. The van der Waals surface area contributed by atoms with Crippen LogP contribution in [0.15, 0.2) is 71.0 Å². The third kappa shape index (κ3) is 4.51. The molecule has 0 saturated carbocycles. The highest BCUT2D eigenvalue weighted by atomic mass is 16.3. The molecule has 1 atom stereocenters. The van der Waals surface area contributed by atoms with E-state index in [-0.39, 0.29) is 17.1 Å². The summed E-state index contributed by atoms with van der Waals surface area (Å²) < 4.78 is 0. The van der Waals surface area contributed by atoms with Gasteiger partial charge in [-0.25, -0.2) is 0 Å². The number of amides is 1. The number of phenols is 1. The lowest BCUT2D eigenvalue weighted by molar-refractivity contribution is -0.117. The van der Waals surface area contributed by atoms with Crippen molar-refractivity contribution in [3.05, 3.63) is 76.6 Å². The van der Waals surface area contributed by atoms with Crippen molar-refractivity contribution in [2.45, 2.75) is 33.2 Å². The Morgan fingerprint density at radius 2 is 1.85 bits per heavy atom. The van der Waals surface area contributed by atoms with Crippen LogP contribution >= 0.6 is 0 Å². The van der Waals surface area contributed by atoms with Crippen LogP contribution in [0.4, 0.5) is 0 Å². The molecule has 1 heterocycles.